The quantitative estimate of drug-likeness (QED) is 0.813. The highest BCUT2D eigenvalue weighted by Crippen LogP contribution is 2.35. The van der Waals surface area contributed by atoms with Crippen molar-refractivity contribution in [3.05, 3.63) is 22.2 Å². The standard InChI is InChI=1S/C13H17BrN2O3S.ClH/c14-10-6-9-3-5-19-13(9)12(7-10)20(17,18)16-8-11-2-1-4-15-11;/h6-7,11,15-16H,1-5,8H2;1H. The second kappa shape index (κ2) is 6.83. The fraction of sp³-hybridized carbons (Fsp3) is 0.538. The molecule has 2 aliphatic heterocycles. The molecule has 1 aromatic carbocycles. The Kier molecular flexibility index (Phi) is 5.54. The van der Waals surface area contributed by atoms with Crippen molar-refractivity contribution in [1.82, 2.24) is 10.0 Å². The lowest BCUT2D eigenvalue weighted by atomic mass is 10.2. The first-order chi connectivity index (χ1) is 9.56. The van der Waals surface area contributed by atoms with E-state index in [1.54, 1.807) is 6.07 Å². The third-order valence-electron chi connectivity index (χ3n) is 3.69. The minimum absolute atomic E-state index is 0. The summed E-state index contributed by atoms with van der Waals surface area (Å²) in [5.41, 5.74) is 0.943. The number of hydrogen-bond donors (Lipinski definition) is 2. The Morgan fingerprint density at radius 2 is 2.24 bits per heavy atom. The van der Waals surface area contributed by atoms with Crippen LogP contribution in [0.3, 0.4) is 0 Å². The molecular weight excluding hydrogens is 380 g/mol. The van der Waals surface area contributed by atoms with E-state index in [9.17, 15) is 8.42 Å². The van der Waals surface area contributed by atoms with Gasteiger partial charge in [-0.05, 0) is 31.5 Å². The van der Waals surface area contributed by atoms with Gasteiger partial charge in [0.25, 0.3) is 0 Å². The number of ether oxygens (including phenoxy) is 1. The molecule has 1 fully saturated rings. The Morgan fingerprint density at radius 3 is 2.95 bits per heavy atom. The molecule has 118 valence electrons. The number of rotatable bonds is 4. The Balaban J connectivity index is 0.00000161. The van der Waals surface area contributed by atoms with Crippen LogP contribution in [0, 0.1) is 0 Å². The molecule has 2 aliphatic rings. The van der Waals surface area contributed by atoms with Gasteiger partial charge in [-0.1, -0.05) is 15.9 Å². The van der Waals surface area contributed by atoms with E-state index < -0.39 is 10.0 Å². The zero-order valence-corrected chi connectivity index (χ0v) is 14.6. The van der Waals surface area contributed by atoms with E-state index in [-0.39, 0.29) is 23.3 Å². The number of halogens is 2. The van der Waals surface area contributed by atoms with E-state index in [0.29, 0.717) is 18.9 Å². The van der Waals surface area contributed by atoms with Gasteiger partial charge in [-0.2, -0.15) is 0 Å². The van der Waals surface area contributed by atoms with Crippen molar-refractivity contribution in [3.8, 4) is 5.75 Å². The van der Waals surface area contributed by atoms with Crippen LogP contribution >= 0.6 is 28.3 Å². The molecule has 0 saturated carbocycles. The summed E-state index contributed by atoms with van der Waals surface area (Å²) < 4.78 is 33.9. The summed E-state index contributed by atoms with van der Waals surface area (Å²) in [6, 6.07) is 3.75. The molecule has 0 aliphatic carbocycles. The van der Waals surface area contributed by atoms with Crippen molar-refractivity contribution < 1.29 is 13.2 Å². The first-order valence-corrected chi connectivity index (χ1v) is 9.02. The summed E-state index contributed by atoms with van der Waals surface area (Å²) >= 11 is 3.37. The summed E-state index contributed by atoms with van der Waals surface area (Å²) in [5, 5.41) is 3.28. The van der Waals surface area contributed by atoms with Crippen molar-refractivity contribution in [2.75, 3.05) is 19.7 Å². The van der Waals surface area contributed by atoms with Crippen LogP contribution in [-0.2, 0) is 16.4 Å². The van der Waals surface area contributed by atoms with Crippen LogP contribution in [0.2, 0.25) is 0 Å². The average molecular weight is 398 g/mol. The highest BCUT2D eigenvalue weighted by atomic mass is 79.9. The van der Waals surface area contributed by atoms with Gasteiger partial charge >= 0.3 is 0 Å². The number of fused-ring (bicyclic) bond motifs is 1. The first-order valence-electron chi connectivity index (χ1n) is 6.74. The van der Waals surface area contributed by atoms with Gasteiger partial charge in [0.15, 0.2) is 0 Å². The molecule has 2 N–H and O–H groups in total. The molecule has 1 unspecified atom stereocenters. The van der Waals surface area contributed by atoms with Crippen LogP contribution in [0.5, 0.6) is 5.75 Å². The molecule has 1 atom stereocenters. The van der Waals surface area contributed by atoms with E-state index in [1.165, 1.54) is 0 Å². The van der Waals surface area contributed by atoms with Crippen molar-refractivity contribution in [2.45, 2.75) is 30.2 Å². The van der Waals surface area contributed by atoms with Crippen LogP contribution in [0.4, 0.5) is 0 Å². The second-order valence-corrected chi connectivity index (χ2v) is 7.79. The van der Waals surface area contributed by atoms with E-state index in [4.69, 9.17) is 4.74 Å². The minimum atomic E-state index is -3.54. The molecule has 0 bridgehead atoms. The Hall–Kier alpha value is -0.340. The topological polar surface area (TPSA) is 67.4 Å². The lowest BCUT2D eigenvalue weighted by Crippen LogP contribution is -2.37. The van der Waals surface area contributed by atoms with Gasteiger partial charge < -0.3 is 10.1 Å². The van der Waals surface area contributed by atoms with E-state index in [1.807, 2.05) is 6.07 Å². The number of sulfonamides is 1. The fourth-order valence-corrected chi connectivity index (χ4v) is 4.60. The monoisotopic (exact) mass is 396 g/mol. The number of nitrogens with one attached hydrogen (secondary N) is 2. The smallest absolute Gasteiger partial charge is 0.244 e. The molecule has 3 rings (SSSR count). The molecule has 1 aromatic rings. The summed E-state index contributed by atoms with van der Waals surface area (Å²) in [4.78, 5) is 0.234. The summed E-state index contributed by atoms with van der Waals surface area (Å²) in [6.07, 6.45) is 2.86. The fourth-order valence-electron chi connectivity index (χ4n) is 2.65. The summed E-state index contributed by atoms with van der Waals surface area (Å²) in [7, 11) is -3.54. The van der Waals surface area contributed by atoms with Crippen molar-refractivity contribution in [1.29, 1.82) is 0 Å². The van der Waals surface area contributed by atoms with Crippen LogP contribution in [0.25, 0.3) is 0 Å². The molecule has 0 amide bonds. The van der Waals surface area contributed by atoms with Crippen LogP contribution in [0.15, 0.2) is 21.5 Å². The van der Waals surface area contributed by atoms with Crippen LogP contribution in [-0.4, -0.2) is 34.2 Å². The molecule has 5 nitrogen and oxygen atoms in total. The van der Waals surface area contributed by atoms with E-state index in [0.717, 1.165) is 35.8 Å². The summed E-state index contributed by atoms with van der Waals surface area (Å²) in [5.74, 6) is 0.500. The molecule has 0 radical (unpaired) electrons. The van der Waals surface area contributed by atoms with Gasteiger partial charge in [-0.25, -0.2) is 13.1 Å². The van der Waals surface area contributed by atoms with Crippen LogP contribution in [0.1, 0.15) is 18.4 Å². The number of benzene rings is 1. The third kappa shape index (κ3) is 3.71. The Morgan fingerprint density at radius 1 is 1.43 bits per heavy atom. The maximum Gasteiger partial charge on any atom is 0.244 e. The van der Waals surface area contributed by atoms with Crippen molar-refractivity contribution in [3.63, 3.8) is 0 Å². The van der Waals surface area contributed by atoms with Gasteiger partial charge in [0, 0.05) is 29.0 Å². The maximum atomic E-state index is 12.5. The first kappa shape index (κ1) is 17.0. The largest absolute Gasteiger partial charge is 0.492 e. The van der Waals surface area contributed by atoms with Gasteiger partial charge in [0.2, 0.25) is 10.0 Å². The van der Waals surface area contributed by atoms with Crippen molar-refractivity contribution >= 4 is 38.4 Å². The van der Waals surface area contributed by atoms with Gasteiger partial charge in [0.05, 0.1) is 6.61 Å². The van der Waals surface area contributed by atoms with Gasteiger partial charge in [-0.15, -0.1) is 12.4 Å². The normalized spacial score (nSPS) is 20.7. The molecule has 1 saturated heterocycles. The highest BCUT2D eigenvalue weighted by Gasteiger charge is 2.27. The Bertz CT molecular complexity index is 618. The van der Waals surface area contributed by atoms with Crippen LogP contribution < -0.4 is 14.8 Å². The molecular formula is C13H18BrClN2O3S. The van der Waals surface area contributed by atoms with E-state index in [2.05, 4.69) is 26.0 Å². The second-order valence-electron chi connectivity index (χ2n) is 5.14. The zero-order chi connectivity index (χ0) is 14.2. The van der Waals surface area contributed by atoms with E-state index >= 15 is 0 Å². The molecule has 21 heavy (non-hydrogen) atoms. The molecule has 8 heteroatoms. The SMILES string of the molecule is Cl.O=S(=O)(NCC1CCCN1)c1cc(Br)cc2c1OCC2. The third-order valence-corrected chi connectivity index (χ3v) is 5.57. The van der Waals surface area contributed by atoms with Crippen molar-refractivity contribution in [2.24, 2.45) is 0 Å². The lowest BCUT2D eigenvalue weighted by molar-refractivity contribution is 0.348. The average Bonchev–Trinajstić information content (AvgIpc) is 3.06. The van der Waals surface area contributed by atoms with Gasteiger partial charge in [0.1, 0.15) is 10.6 Å². The van der Waals surface area contributed by atoms with Gasteiger partial charge in [-0.3, -0.25) is 0 Å². The molecule has 0 aromatic heterocycles. The Labute approximate surface area is 139 Å². The number of hydrogen-bond acceptors (Lipinski definition) is 4. The maximum absolute atomic E-state index is 12.5. The minimum Gasteiger partial charge on any atom is -0.492 e. The predicted octanol–water partition coefficient (Wildman–Crippen LogP) is 1.84. The summed E-state index contributed by atoms with van der Waals surface area (Å²) in [6.45, 7) is 1.92. The highest BCUT2D eigenvalue weighted by molar-refractivity contribution is 9.10. The lowest BCUT2D eigenvalue weighted by Gasteiger charge is -2.14. The predicted molar refractivity (Wildman–Crippen MR) is 86.8 cm³/mol. The molecule has 2 heterocycles. The molecule has 0 spiro atoms. The zero-order valence-electron chi connectivity index (χ0n) is 11.4.